The second-order valence-electron chi connectivity index (χ2n) is 6.15. The summed E-state index contributed by atoms with van der Waals surface area (Å²) in [4.78, 5) is 17.2. The summed E-state index contributed by atoms with van der Waals surface area (Å²) < 4.78 is 0. The van der Waals surface area contributed by atoms with Crippen LogP contribution in [-0.4, -0.2) is 24.0 Å². The van der Waals surface area contributed by atoms with Crippen molar-refractivity contribution in [2.45, 2.75) is 12.3 Å². The fraction of sp³-hybridized carbons (Fsp3) is 0.200. The Morgan fingerprint density at radius 3 is 2.83 bits per heavy atom. The normalized spacial score (nSPS) is 17.1. The molecule has 4 rings (SSSR count). The second-order valence-corrected chi connectivity index (χ2v) is 6.15. The number of anilines is 1. The molecular weight excluding hydrogens is 298 g/mol. The lowest BCUT2D eigenvalue weighted by Gasteiger charge is -2.14. The van der Waals surface area contributed by atoms with Crippen molar-refractivity contribution in [1.82, 2.24) is 10.3 Å². The fourth-order valence-corrected chi connectivity index (χ4v) is 3.32. The van der Waals surface area contributed by atoms with E-state index in [-0.39, 0.29) is 5.91 Å². The van der Waals surface area contributed by atoms with E-state index in [1.807, 2.05) is 48.5 Å². The molecule has 1 aliphatic heterocycles. The summed E-state index contributed by atoms with van der Waals surface area (Å²) in [5.41, 5.74) is 3.51. The topological polar surface area (TPSA) is 54.0 Å². The lowest BCUT2D eigenvalue weighted by molar-refractivity contribution is 0.102. The van der Waals surface area contributed by atoms with Gasteiger partial charge >= 0.3 is 0 Å². The average Bonchev–Trinajstić information content (AvgIpc) is 3.16. The molecule has 0 saturated carbocycles. The Morgan fingerprint density at radius 2 is 1.96 bits per heavy atom. The molecule has 0 spiro atoms. The molecule has 0 unspecified atom stereocenters. The monoisotopic (exact) mass is 317 g/mol. The SMILES string of the molecule is O=C(Nc1cnc2ccccc2c1)c1ccccc1[C@H]1CCNC1. The molecule has 3 aromatic rings. The molecular formula is C20H19N3O. The molecule has 24 heavy (non-hydrogen) atoms. The third-order valence-corrected chi connectivity index (χ3v) is 4.55. The van der Waals surface area contributed by atoms with Crippen molar-refractivity contribution >= 4 is 22.5 Å². The van der Waals surface area contributed by atoms with Crippen LogP contribution in [0.2, 0.25) is 0 Å². The van der Waals surface area contributed by atoms with E-state index in [1.165, 1.54) is 0 Å². The lowest BCUT2D eigenvalue weighted by atomic mass is 9.93. The number of fused-ring (bicyclic) bond motifs is 1. The summed E-state index contributed by atoms with van der Waals surface area (Å²) in [6.45, 7) is 1.94. The smallest absolute Gasteiger partial charge is 0.255 e. The fourth-order valence-electron chi connectivity index (χ4n) is 3.32. The lowest BCUT2D eigenvalue weighted by Crippen LogP contribution is -2.17. The first-order chi connectivity index (χ1) is 11.8. The van der Waals surface area contributed by atoms with Gasteiger partial charge in [0.1, 0.15) is 0 Å². The molecule has 120 valence electrons. The number of carbonyl (C=O) groups is 1. The molecule has 2 heterocycles. The minimum Gasteiger partial charge on any atom is -0.321 e. The van der Waals surface area contributed by atoms with Crippen LogP contribution in [0.25, 0.3) is 10.9 Å². The zero-order valence-electron chi connectivity index (χ0n) is 13.3. The zero-order valence-corrected chi connectivity index (χ0v) is 13.3. The van der Waals surface area contributed by atoms with Crippen molar-refractivity contribution in [3.63, 3.8) is 0 Å². The van der Waals surface area contributed by atoms with Gasteiger partial charge in [-0.25, -0.2) is 0 Å². The number of pyridine rings is 1. The molecule has 4 heteroatoms. The first kappa shape index (κ1) is 14.8. The average molecular weight is 317 g/mol. The van der Waals surface area contributed by atoms with Crippen molar-refractivity contribution in [3.8, 4) is 0 Å². The van der Waals surface area contributed by atoms with Gasteiger partial charge in [0.05, 0.1) is 17.4 Å². The number of benzene rings is 2. The maximum atomic E-state index is 12.8. The molecule has 1 atom stereocenters. The predicted molar refractivity (Wildman–Crippen MR) is 96.4 cm³/mol. The Hall–Kier alpha value is -2.72. The van der Waals surface area contributed by atoms with Crippen LogP contribution >= 0.6 is 0 Å². The minimum atomic E-state index is -0.0745. The molecule has 2 aromatic carbocycles. The Morgan fingerprint density at radius 1 is 1.12 bits per heavy atom. The van der Waals surface area contributed by atoms with E-state index in [0.29, 0.717) is 5.92 Å². The number of hydrogen-bond acceptors (Lipinski definition) is 3. The van der Waals surface area contributed by atoms with E-state index >= 15 is 0 Å². The molecule has 1 aromatic heterocycles. The van der Waals surface area contributed by atoms with Crippen LogP contribution in [0.5, 0.6) is 0 Å². The highest BCUT2D eigenvalue weighted by Crippen LogP contribution is 2.26. The van der Waals surface area contributed by atoms with Crippen LogP contribution in [0.4, 0.5) is 5.69 Å². The standard InChI is InChI=1S/C20H19N3O/c24-20(18-7-3-2-6-17(18)15-9-10-21-12-15)23-16-11-14-5-1-4-8-19(14)22-13-16/h1-8,11,13,15,21H,9-10,12H2,(H,23,24)/t15-/m0/s1. The van der Waals surface area contributed by atoms with Gasteiger partial charge in [0.2, 0.25) is 0 Å². The molecule has 4 nitrogen and oxygen atoms in total. The maximum absolute atomic E-state index is 12.8. The van der Waals surface area contributed by atoms with Crippen molar-refractivity contribution in [3.05, 3.63) is 71.9 Å². The Balaban J connectivity index is 1.61. The van der Waals surface area contributed by atoms with E-state index in [1.54, 1.807) is 6.20 Å². The van der Waals surface area contributed by atoms with Crippen LogP contribution < -0.4 is 10.6 Å². The molecule has 1 saturated heterocycles. The Bertz CT molecular complexity index is 885. The highest BCUT2D eigenvalue weighted by molar-refractivity contribution is 6.06. The number of amides is 1. The number of aromatic nitrogens is 1. The molecule has 1 amide bonds. The van der Waals surface area contributed by atoms with E-state index in [2.05, 4.69) is 21.7 Å². The molecule has 1 fully saturated rings. The summed E-state index contributed by atoms with van der Waals surface area (Å²) in [7, 11) is 0. The first-order valence-corrected chi connectivity index (χ1v) is 8.27. The van der Waals surface area contributed by atoms with Gasteiger partial charge in [-0.15, -0.1) is 0 Å². The number of carbonyl (C=O) groups excluding carboxylic acids is 1. The van der Waals surface area contributed by atoms with Crippen LogP contribution in [0.1, 0.15) is 28.3 Å². The zero-order chi connectivity index (χ0) is 16.4. The largest absolute Gasteiger partial charge is 0.321 e. The van der Waals surface area contributed by atoms with E-state index in [0.717, 1.165) is 47.2 Å². The third-order valence-electron chi connectivity index (χ3n) is 4.55. The van der Waals surface area contributed by atoms with Crippen LogP contribution in [0.3, 0.4) is 0 Å². The van der Waals surface area contributed by atoms with Gasteiger partial charge in [-0.2, -0.15) is 0 Å². The summed E-state index contributed by atoms with van der Waals surface area (Å²) in [5, 5.41) is 7.37. The van der Waals surface area contributed by atoms with Gasteiger partial charge in [-0.1, -0.05) is 36.4 Å². The predicted octanol–water partition coefficient (Wildman–Crippen LogP) is 3.56. The van der Waals surface area contributed by atoms with Crippen molar-refractivity contribution in [2.24, 2.45) is 0 Å². The molecule has 0 bridgehead atoms. The molecule has 0 radical (unpaired) electrons. The summed E-state index contributed by atoms with van der Waals surface area (Å²) >= 11 is 0. The van der Waals surface area contributed by atoms with Gasteiger partial charge in [0.25, 0.3) is 5.91 Å². The Kier molecular flexibility index (Phi) is 3.97. The number of rotatable bonds is 3. The van der Waals surface area contributed by atoms with Crippen molar-refractivity contribution < 1.29 is 4.79 Å². The second kappa shape index (κ2) is 6.42. The quantitative estimate of drug-likeness (QED) is 0.776. The van der Waals surface area contributed by atoms with Crippen molar-refractivity contribution in [2.75, 3.05) is 18.4 Å². The van der Waals surface area contributed by atoms with Gasteiger partial charge in [-0.05, 0) is 42.6 Å². The number of hydrogen-bond donors (Lipinski definition) is 2. The van der Waals surface area contributed by atoms with Crippen molar-refractivity contribution in [1.29, 1.82) is 0 Å². The van der Waals surface area contributed by atoms with Crippen LogP contribution in [0.15, 0.2) is 60.8 Å². The van der Waals surface area contributed by atoms with E-state index < -0.39 is 0 Å². The van der Waals surface area contributed by atoms with Gasteiger partial charge in [0, 0.05) is 17.5 Å². The van der Waals surface area contributed by atoms with Crippen LogP contribution in [0, 0.1) is 0 Å². The van der Waals surface area contributed by atoms with Gasteiger partial charge in [0.15, 0.2) is 0 Å². The van der Waals surface area contributed by atoms with E-state index in [9.17, 15) is 4.79 Å². The Labute approximate surface area is 140 Å². The number of nitrogens with one attached hydrogen (secondary N) is 2. The maximum Gasteiger partial charge on any atom is 0.255 e. The highest BCUT2D eigenvalue weighted by Gasteiger charge is 2.22. The van der Waals surface area contributed by atoms with Crippen LogP contribution in [-0.2, 0) is 0 Å². The number of nitrogens with zero attached hydrogens (tertiary/aromatic N) is 1. The summed E-state index contributed by atoms with van der Waals surface area (Å²) in [6, 6.07) is 17.7. The molecule has 1 aliphatic rings. The third kappa shape index (κ3) is 2.88. The molecule has 0 aliphatic carbocycles. The summed E-state index contributed by atoms with van der Waals surface area (Å²) in [6.07, 6.45) is 2.78. The van der Waals surface area contributed by atoms with E-state index in [4.69, 9.17) is 0 Å². The first-order valence-electron chi connectivity index (χ1n) is 8.27. The van der Waals surface area contributed by atoms with Gasteiger partial charge < -0.3 is 10.6 Å². The number of para-hydroxylation sites is 1. The minimum absolute atomic E-state index is 0.0745. The summed E-state index contributed by atoms with van der Waals surface area (Å²) in [5.74, 6) is 0.330. The highest BCUT2D eigenvalue weighted by atomic mass is 16.1. The van der Waals surface area contributed by atoms with Gasteiger partial charge in [-0.3, -0.25) is 9.78 Å². The molecule has 2 N–H and O–H groups in total.